The largest absolute Gasteiger partial charge is 0.467 e. The SMILES string of the molecule is CNc1nc(Nc2ccc(C)c(F)c2)nc(OC)n1. The molecule has 0 fully saturated rings. The van der Waals surface area contributed by atoms with Gasteiger partial charge in [0.15, 0.2) is 0 Å². The Bertz CT molecular complexity index is 568. The Labute approximate surface area is 110 Å². The molecule has 0 spiro atoms. The van der Waals surface area contributed by atoms with Crippen molar-refractivity contribution >= 4 is 17.6 Å². The van der Waals surface area contributed by atoms with Crippen LogP contribution in [0.3, 0.4) is 0 Å². The van der Waals surface area contributed by atoms with Gasteiger partial charge in [-0.1, -0.05) is 6.07 Å². The highest BCUT2D eigenvalue weighted by atomic mass is 19.1. The van der Waals surface area contributed by atoms with Crippen molar-refractivity contribution in [2.75, 3.05) is 24.8 Å². The summed E-state index contributed by atoms with van der Waals surface area (Å²) < 4.78 is 18.4. The molecular formula is C12H14FN5O. The lowest BCUT2D eigenvalue weighted by molar-refractivity contribution is 0.379. The third-order valence-corrected chi connectivity index (χ3v) is 2.45. The van der Waals surface area contributed by atoms with Crippen molar-refractivity contribution in [3.63, 3.8) is 0 Å². The van der Waals surface area contributed by atoms with Crippen LogP contribution >= 0.6 is 0 Å². The average molecular weight is 263 g/mol. The molecule has 6 nitrogen and oxygen atoms in total. The van der Waals surface area contributed by atoms with Gasteiger partial charge in [0.1, 0.15) is 5.82 Å². The van der Waals surface area contributed by atoms with E-state index in [0.29, 0.717) is 17.2 Å². The number of benzene rings is 1. The highest BCUT2D eigenvalue weighted by Gasteiger charge is 2.07. The van der Waals surface area contributed by atoms with Crippen LogP contribution in [-0.2, 0) is 0 Å². The van der Waals surface area contributed by atoms with Gasteiger partial charge in [-0.05, 0) is 24.6 Å². The van der Waals surface area contributed by atoms with E-state index in [4.69, 9.17) is 4.74 Å². The number of nitrogens with one attached hydrogen (secondary N) is 2. The van der Waals surface area contributed by atoms with Crippen LogP contribution in [0.4, 0.5) is 22.0 Å². The van der Waals surface area contributed by atoms with Crippen LogP contribution in [0.5, 0.6) is 6.01 Å². The molecule has 0 aliphatic heterocycles. The molecule has 1 heterocycles. The maximum Gasteiger partial charge on any atom is 0.322 e. The summed E-state index contributed by atoms with van der Waals surface area (Å²) in [4.78, 5) is 12.1. The van der Waals surface area contributed by atoms with E-state index in [2.05, 4.69) is 25.6 Å². The summed E-state index contributed by atoms with van der Waals surface area (Å²) in [7, 11) is 3.15. The smallest absolute Gasteiger partial charge is 0.322 e. The van der Waals surface area contributed by atoms with Crippen LogP contribution in [0.15, 0.2) is 18.2 Å². The molecule has 0 aliphatic rings. The van der Waals surface area contributed by atoms with Gasteiger partial charge in [0.2, 0.25) is 11.9 Å². The summed E-state index contributed by atoms with van der Waals surface area (Å²) in [6.07, 6.45) is 0. The molecular weight excluding hydrogens is 249 g/mol. The van der Waals surface area contributed by atoms with Gasteiger partial charge < -0.3 is 15.4 Å². The van der Waals surface area contributed by atoms with Gasteiger partial charge in [-0.25, -0.2) is 4.39 Å². The predicted octanol–water partition coefficient (Wildman–Crippen LogP) is 2.11. The Balaban J connectivity index is 2.29. The zero-order valence-electron chi connectivity index (χ0n) is 10.9. The molecule has 0 saturated heterocycles. The minimum Gasteiger partial charge on any atom is -0.467 e. The Hall–Kier alpha value is -2.44. The molecule has 0 amide bonds. The summed E-state index contributed by atoms with van der Waals surface area (Å²) in [6.45, 7) is 1.70. The number of rotatable bonds is 4. The number of nitrogens with zero attached hydrogens (tertiary/aromatic N) is 3. The van der Waals surface area contributed by atoms with Gasteiger partial charge in [0, 0.05) is 12.7 Å². The van der Waals surface area contributed by atoms with Gasteiger partial charge >= 0.3 is 6.01 Å². The lowest BCUT2D eigenvalue weighted by Crippen LogP contribution is -2.05. The summed E-state index contributed by atoms with van der Waals surface area (Å²) >= 11 is 0. The van der Waals surface area contributed by atoms with Crippen molar-refractivity contribution in [1.29, 1.82) is 0 Å². The van der Waals surface area contributed by atoms with Crippen molar-refractivity contribution in [3.05, 3.63) is 29.6 Å². The molecule has 19 heavy (non-hydrogen) atoms. The van der Waals surface area contributed by atoms with Crippen molar-refractivity contribution in [1.82, 2.24) is 15.0 Å². The number of halogens is 1. The van der Waals surface area contributed by atoms with Gasteiger partial charge in [0.25, 0.3) is 0 Å². The third kappa shape index (κ3) is 3.06. The topological polar surface area (TPSA) is 72.0 Å². The molecule has 2 rings (SSSR count). The number of anilines is 3. The Kier molecular flexibility index (Phi) is 3.74. The number of hydrogen-bond donors (Lipinski definition) is 2. The fraction of sp³-hybridized carbons (Fsp3) is 0.250. The minimum absolute atomic E-state index is 0.175. The van der Waals surface area contributed by atoms with Gasteiger partial charge in [-0.15, -0.1) is 0 Å². The Morgan fingerprint density at radius 1 is 1.16 bits per heavy atom. The number of hydrogen-bond acceptors (Lipinski definition) is 6. The molecule has 2 N–H and O–H groups in total. The van der Waals surface area contributed by atoms with E-state index in [1.807, 2.05) is 0 Å². The minimum atomic E-state index is -0.292. The maximum atomic E-state index is 13.4. The van der Waals surface area contributed by atoms with Gasteiger partial charge in [-0.3, -0.25) is 0 Å². The second-order valence-electron chi connectivity index (χ2n) is 3.81. The van der Waals surface area contributed by atoms with Crippen LogP contribution in [-0.4, -0.2) is 29.1 Å². The highest BCUT2D eigenvalue weighted by Crippen LogP contribution is 2.18. The van der Waals surface area contributed by atoms with E-state index in [1.165, 1.54) is 13.2 Å². The summed E-state index contributed by atoms with van der Waals surface area (Å²) in [6, 6.07) is 4.97. The first-order valence-electron chi connectivity index (χ1n) is 5.63. The van der Waals surface area contributed by atoms with Gasteiger partial charge in [0.05, 0.1) is 7.11 Å². The van der Waals surface area contributed by atoms with E-state index in [1.54, 1.807) is 26.1 Å². The van der Waals surface area contributed by atoms with E-state index in [0.717, 1.165) is 0 Å². The normalized spacial score (nSPS) is 10.1. The van der Waals surface area contributed by atoms with Crippen LogP contribution in [0.25, 0.3) is 0 Å². The molecule has 2 aromatic rings. The van der Waals surface area contributed by atoms with Crippen LogP contribution in [0, 0.1) is 12.7 Å². The zero-order chi connectivity index (χ0) is 13.8. The standard InChI is InChI=1S/C12H14FN5O/c1-7-4-5-8(6-9(7)13)15-11-16-10(14-2)17-12(18-11)19-3/h4-6H,1-3H3,(H2,14,15,16,17,18). The Morgan fingerprint density at radius 3 is 2.53 bits per heavy atom. The molecule has 100 valence electrons. The fourth-order valence-electron chi connectivity index (χ4n) is 1.42. The summed E-state index contributed by atoms with van der Waals surface area (Å²) in [5.74, 6) is 0.348. The second kappa shape index (κ2) is 5.47. The Morgan fingerprint density at radius 2 is 1.89 bits per heavy atom. The number of aromatic nitrogens is 3. The molecule has 0 atom stereocenters. The molecule has 0 saturated carbocycles. The maximum absolute atomic E-state index is 13.4. The first kappa shape index (κ1) is 13.0. The molecule has 1 aromatic heterocycles. The van der Waals surface area contributed by atoms with Crippen LogP contribution in [0.1, 0.15) is 5.56 Å². The molecule has 0 bridgehead atoms. The summed E-state index contributed by atoms with van der Waals surface area (Å²) in [5.41, 5.74) is 1.13. The van der Waals surface area contributed by atoms with Crippen LogP contribution < -0.4 is 15.4 Å². The molecule has 1 aromatic carbocycles. The van der Waals surface area contributed by atoms with Crippen molar-refractivity contribution in [2.24, 2.45) is 0 Å². The molecule has 0 radical (unpaired) electrons. The van der Waals surface area contributed by atoms with Crippen molar-refractivity contribution in [3.8, 4) is 6.01 Å². The number of methoxy groups -OCH3 is 1. The van der Waals surface area contributed by atoms with E-state index in [-0.39, 0.29) is 17.8 Å². The number of ether oxygens (including phenoxy) is 1. The van der Waals surface area contributed by atoms with E-state index < -0.39 is 0 Å². The summed E-state index contributed by atoms with van der Waals surface area (Å²) in [5, 5.41) is 5.69. The monoisotopic (exact) mass is 263 g/mol. The van der Waals surface area contributed by atoms with Crippen molar-refractivity contribution < 1.29 is 9.13 Å². The third-order valence-electron chi connectivity index (χ3n) is 2.45. The second-order valence-corrected chi connectivity index (χ2v) is 3.81. The van der Waals surface area contributed by atoms with Crippen LogP contribution in [0.2, 0.25) is 0 Å². The molecule has 0 aliphatic carbocycles. The lowest BCUT2D eigenvalue weighted by Gasteiger charge is -2.08. The van der Waals surface area contributed by atoms with Crippen molar-refractivity contribution in [2.45, 2.75) is 6.92 Å². The van der Waals surface area contributed by atoms with Gasteiger partial charge in [-0.2, -0.15) is 15.0 Å². The first-order valence-corrected chi connectivity index (χ1v) is 5.63. The average Bonchev–Trinajstić information content (AvgIpc) is 2.42. The fourth-order valence-corrected chi connectivity index (χ4v) is 1.42. The molecule has 7 heteroatoms. The first-order chi connectivity index (χ1) is 9.12. The quantitative estimate of drug-likeness (QED) is 0.880. The highest BCUT2D eigenvalue weighted by molar-refractivity contribution is 5.55. The lowest BCUT2D eigenvalue weighted by atomic mass is 10.2. The number of aryl methyl sites for hydroxylation is 1. The van der Waals surface area contributed by atoms with E-state index in [9.17, 15) is 4.39 Å². The molecule has 0 unspecified atom stereocenters. The predicted molar refractivity (Wildman–Crippen MR) is 70.3 cm³/mol. The zero-order valence-corrected chi connectivity index (χ0v) is 10.9. The van der Waals surface area contributed by atoms with E-state index >= 15 is 0 Å².